The van der Waals surface area contributed by atoms with E-state index in [4.69, 9.17) is 9.47 Å². The summed E-state index contributed by atoms with van der Waals surface area (Å²) < 4.78 is 10.4. The number of hydrogen-bond acceptors (Lipinski definition) is 5. The van der Waals surface area contributed by atoms with E-state index in [9.17, 15) is 14.4 Å². The largest absolute Gasteiger partial charge is 0.466 e. The first-order chi connectivity index (χ1) is 13.2. The van der Waals surface area contributed by atoms with Crippen molar-refractivity contribution in [2.75, 3.05) is 19.7 Å². The lowest BCUT2D eigenvalue weighted by molar-refractivity contribution is -0.145. The van der Waals surface area contributed by atoms with Gasteiger partial charge in [-0.2, -0.15) is 0 Å². The number of nitrogens with zero attached hydrogens (tertiary/aromatic N) is 1. The first kappa shape index (κ1) is 22.5. The third-order valence-electron chi connectivity index (χ3n) is 5.47. The highest BCUT2D eigenvalue weighted by Gasteiger charge is 2.36. The van der Waals surface area contributed by atoms with Crippen LogP contribution in [0.5, 0.6) is 0 Å². The van der Waals surface area contributed by atoms with E-state index in [2.05, 4.69) is 5.32 Å². The molecule has 1 N–H and O–H groups in total. The predicted octanol–water partition coefficient (Wildman–Crippen LogP) is 3.26. The summed E-state index contributed by atoms with van der Waals surface area (Å²) in [7, 11) is 0. The number of likely N-dealkylation sites (tertiary alicyclic amines) is 1. The minimum Gasteiger partial charge on any atom is -0.466 e. The number of carbonyl (C=O) groups excluding carboxylic acids is 3. The molecule has 1 aliphatic heterocycles. The second kappa shape index (κ2) is 10.1. The average molecular weight is 397 g/mol. The van der Waals surface area contributed by atoms with Gasteiger partial charge in [-0.15, -0.1) is 0 Å². The van der Waals surface area contributed by atoms with E-state index in [0.717, 1.165) is 38.5 Å². The van der Waals surface area contributed by atoms with Crippen molar-refractivity contribution < 1.29 is 23.9 Å². The molecule has 7 nitrogen and oxygen atoms in total. The van der Waals surface area contributed by atoms with Crippen LogP contribution in [0.4, 0.5) is 4.79 Å². The second-order valence-corrected chi connectivity index (χ2v) is 8.92. The van der Waals surface area contributed by atoms with Crippen molar-refractivity contribution in [3.8, 4) is 0 Å². The summed E-state index contributed by atoms with van der Waals surface area (Å²) in [6, 6.07) is -0.173. The van der Waals surface area contributed by atoms with Gasteiger partial charge in [0.25, 0.3) is 0 Å². The molecule has 2 aliphatic rings. The summed E-state index contributed by atoms with van der Waals surface area (Å²) >= 11 is 0. The van der Waals surface area contributed by atoms with E-state index in [1.807, 2.05) is 32.6 Å². The molecule has 160 valence electrons. The highest BCUT2D eigenvalue weighted by Crippen LogP contribution is 2.29. The molecule has 2 rings (SSSR count). The summed E-state index contributed by atoms with van der Waals surface area (Å²) in [5, 5.41) is 2.92. The minimum atomic E-state index is -0.556. The van der Waals surface area contributed by atoms with Gasteiger partial charge in [0.05, 0.1) is 12.5 Å². The molecule has 0 aromatic carbocycles. The van der Waals surface area contributed by atoms with Crippen molar-refractivity contribution >= 4 is 18.0 Å². The van der Waals surface area contributed by atoms with Gasteiger partial charge in [-0.1, -0.05) is 12.8 Å². The van der Waals surface area contributed by atoms with E-state index in [-0.39, 0.29) is 29.8 Å². The van der Waals surface area contributed by atoms with Gasteiger partial charge in [0.15, 0.2) is 0 Å². The monoisotopic (exact) mass is 396 g/mol. The van der Waals surface area contributed by atoms with Crippen LogP contribution < -0.4 is 5.32 Å². The van der Waals surface area contributed by atoms with Gasteiger partial charge >= 0.3 is 12.1 Å². The lowest BCUT2D eigenvalue weighted by Gasteiger charge is -2.38. The van der Waals surface area contributed by atoms with E-state index in [1.165, 1.54) is 0 Å². The molecule has 1 saturated carbocycles. The van der Waals surface area contributed by atoms with Crippen LogP contribution in [0.25, 0.3) is 0 Å². The number of alkyl carbamates (subject to hydrolysis) is 1. The molecular formula is C21H36N2O5. The molecule has 0 aromatic rings. The second-order valence-electron chi connectivity index (χ2n) is 8.92. The Morgan fingerprint density at radius 2 is 1.68 bits per heavy atom. The molecule has 0 aromatic heterocycles. The van der Waals surface area contributed by atoms with Crippen molar-refractivity contribution in [1.29, 1.82) is 0 Å². The number of rotatable bonds is 5. The Kier molecular flexibility index (Phi) is 8.13. The zero-order valence-corrected chi connectivity index (χ0v) is 17.8. The highest BCUT2D eigenvalue weighted by atomic mass is 16.6. The maximum Gasteiger partial charge on any atom is 0.407 e. The van der Waals surface area contributed by atoms with Crippen LogP contribution in [0.2, 0.25) is 0 Å². The normalized spacial score (nSPS) is 23.8. The van der Waals surface area contributed by atoms with Gasteiger partial charge in [0, 0.05) is 25.6 Å². The Morgan fingerprint density at radius 1 is 1.04 bits per heavy atom. The van der Waals surface area contributed by atoms with Crippen molar-refractivity contribution in [2.45, 2.75) is 84.3 Å². The molecule has 1 heterocycles. The number of ether oxygens (including phenoxy) is 2. The van der Waals surface area contributed by atoms with Crippen LogP contribution in [0, 0.1) is 11.8 Å². The third kappa shape index (κ3) is 6.99. The number of carbonyl (C=O) groups is 3. The van der Waals surface area contributed by atoms with E-state index in [0.29, 0.717) is 26.1 Å². The molecule has 0 bridgehead atoms. The summed E-state index contributed by atoms with van der Waals surface area (Å²) in [5.41, 5.74) is -0.556. The van der Waals surface area contributed by atoms with E-state index < -0.39 is 11.7 Å². The van der Waals surface area contributed by atoms with Gasteiger partial charge in [0.1, 0.15) is 5.60 Å². The van der Waals surface area contributed by atoms with Crippen LogP contribution in [0.1, 0.15) is 72.6 Å². The third-order valence-corrected chi connectivity index (χ3v) is 5.47. The molecular weight excluding hydrogens is 360 g/mol. The topological polar surface area (TPSA) is 84.9 Å². The van der Waals surface area contributed by atoms with Crippen LogP contribution in [0.3, 0.4) is 0 Å². The zero-order chi connectivity index (χ0) is 20.7. The lowest BCUT2D eigenvalue weighted by atomic mass is 9.82. The van der Waals surface area contributed by atoms with Gasteiger partial charge < -0.3 is 19.7 Å². The Hall–Kier alpha value is -1.79. The smallest absolute Gasteiger partial charge is 0.407 e. The van der Waals surface area contributed by atoms with Crippen LogP contribution in [-0.2, 0) is 19.1 Å². The average Bonchev–Trinajstić information content (AvgIpc) is 2.61. The number of nitrogens with one attached hydrogen (secondary N) is 1. The summed E-state index contributed by atoms with van der Waals surface area (Å²) in [6.07, 6.45) is 5.22. The first-order valence-electron chi connectivity index (χ1n) is 10.6. The van der Waals surface area contributed by atoms with Gasteiger partial charge in [0.2, 0.25) is 5.91 Å². The molecule has 1 saturated heterocycles. The molecule has 0 radical (unpaired) electrons. The molecule has 0 spiro atoms. The van der Waals surface area contributed by atoms with Crippen molar-refractivity contribution in [1.82, 2.24) is 10.2 Å². The number of piperidine rings is 1. The molecule has 0 unspecified atom stereocenters. The maximum absolute atomic E-state index is 13.1. The van der Waals surface area contributed by atoms with Crippen molar-refractivity contribution in [2.24, 2.45) is 11.8 Å². The summed E-state index contributed by atoms with van der Waals surface area (Å²) in [5.74, 6) is 0.0598. The zero-order valence-electron chi connectivity index (χ0n) is 17.8. The predicted molar refractivity (Wildman–Crippen MR) is 106 cm³/mol. The minimum absolute atomic E-state index is 0.121. The van der Waals surface area contributed by atoms with Crippen LogP contribution >= 0.6 is 0 Å². The fourth-order valence-electron chi connectivity index (χ4n) is 4.11. The van der Waals surface area contributed by atoms with Crippen LogP contribution in [-0.4, -0.2) is 54.2 Å². The van der Waals surface area contributed by atoms with Crippen molar-refractivity contribution in [3.63, 3.8) is 0 Å². The van der Waals surface area contributed by atoms with Gasteiger partial charge in [-0.3, -0.25) is 9.59 Å². The molecule has 7 heteroatoms. The Balaban J connectivity index is 1.87. The SMILES string of the molecule is CCOC(=O)CC1CCN(C(=O)[C@@H]2CCCC[C@H]2NC(=O)OC(C)(C)C)CC1. The number of amides is 2. The lowest BCUT2D eigenvalue weighted by Crippen LogP contribution is -2.51. The Labute approximate surface area is 168 Å². The molecule has 1 aliphatic carbocycles. The van der Waals surface area contributed by atoms with Crippen molar-refractivity contribution in [3.05, 3.63) is 0 Å². The standard InChI is InChI=1S/C21H36N2O5/c1-5-27-18(24)14-15-10-12-23(13-11-15)19(25)16-8-6-7-9-17(16)22-20(26)28-21(2,3)4/h15-17H,5-14H2,1-4H3,(H,22,26)/t16-,17-/m1/s1. The first-order valence-corrected chi connectivity index (χ1v) is 10.6. The summed E-state index contributed by atoms with van der Waals surface area (Å²) in [4.78, 5) is 38.8. The van der Waals surface area contributed by atoms with Gasteiger partial charge in [-0.05, 0) is 59.3 Å². The van der Waals surface area contributed by atoms with E-state index in [1.54, 1.807) is 0 Å². The highest BCUT2D eigenvalue weighted by molar-refractivity contribution is 5.81. The molecule has 2 fully saturated rings. The number of esters is 1. The van der Waals surface area contributed by atoms with Gasteiger partial charge in [-0.25, -0.2) is 4.79 Å². The molecule has 2 atom stereocenters. The Bertz CT molecular complexity index is 549. The summed E-state index contributed by atoms with van der Waals surface area (Å²) in [6.45, 7) is 9.04. The Morgan fingerprint density at radius 3 is 2.29 bits per heavy atom. The van der Waals surface area contributed by atoms with E-state index >= 15 is 0 Å². The fourth-order valence-corrected chi connectivity index (χ4v) is 4.11. The fraction of sp³-hybridized carbons (Fsp3) is 0.857. The maximum atomic E-state index is 13.1. The molecule has 28 heavy (non-hydrogen) atoms. The quantitative estimate of drug-likeness (QED) is 0.721. The van der Waals surface area contributed by atoms with Crippen LogP contribution in [0.15, 0.2) is 0 Å². The number of hydrogen-bond donors (Lipinski definition) is 1. The molecule has 2 amide bonds.